The average molecular weight is 431 g/mol. The molecule has 2 fully saturated rings. The minimum atomic E-state index is 0.0492. The number of aromatic nitrogens is 1. The quantitative estimate of drug-likeness (QED) is 0.701. The molecule has 2 aliphatic rings. The van der Waals surface area contributed by atoms with E-state index in [1.54, 1.807) is 6.20 Å². The predicted molar refractivity (Wildman–Crippen MR) is 117 cm³/mol. The van der Waals surface area contributed by atoms with E-state index < -0.39 is 0 Å². The highest BCUT2D eigenvalue weighted by Gasteiger charge is 2.22. The van der Waals surface area contributed by atoms with Gasteiger partial charge in [0.25, 0.3) is 5.91 Å². The third kappa shape index (κ3) is 5.41. The van der Waals surface area contributed by atoms with Gasteiger partial charge in [-0.1, -0.05) is 11.6 Å². The summed E-state index contributed by atoms with van der Waals surface area (Å²) >= 11 is 5.89. The summed E-state index contributed by atoms with van der Waals surface area (Å²) in [6.45, 7) is 7.67. The van der Waals surface area contributed by atoms with Crippen LogP contribution in [0, 0.1) is 0 Å². The minimum Gasteiger partial charge on any atom is -0.492 e. The van der Waals surface area contributed by atoms with Gasteiger partial charge in [0.2, 0.25) is 0 Å². The Morgan fingerprint density at radius 3 is 2.40 bits per heavy atom. The van der Waals surface area contributed by atoms with Crippen molar-refractivity contribution in [2.24, 2.45) is 0 Å². The van der Waals surface area contributed by atoms with E-state index in [-0.39, 0.29) is 5.91 Å². The molecule has 160 valence electrons. The van der Waals surface area contributed by atoms with Crippen molar-refractivity contribution in [1.29, 1.82) is 0 Å². The van der Waals surface area contributed by atoms with E-state index >= 15 is 0 Å². The summed E-state index contributed by atoms with van der Waals surface area (Å²) in [5.74, 6) is 1.77. The Morgan fingerprint density at radius 2 is 1.73 bits per heavy atom. The summed E-state index contributed by atoms with van der Waals surface area (Å²) in [4.78, 5) is 23.7. The maximum absolute atomic E-state index is 12.8. The maximum atomic E-state index is 12.8. The van der Waals surface area contributed by atoms with Crippen molar-refractivity contribution in [3.8, 4) is 5.75 Å². The summed E-state index contributed by atoms with van der Waals surface area (Å²) < 4.78 is 11.1. The third-order valence-corrected chi connectivity index (χ3v) is 5.73. The van der Waals surface area contributed by atoms with Gasteiger partial charge in [0.05, 0.1) is 18.8 Å². The summed E-state index contributed by atoms with van der Waals surface area (Å²) in [5.41, 5.74) is 0.645. The molecule has 0 aliphatic carbocycles. The van der Waals surface area contributed by atoms with E-state index in [0.717, 1.165) is 57.5 Å². The van der Waals surface area contributed by atoms with Crippen molar-refractivity contribution in [2.75, 3.05) is 70.5 Å². The molecule has 0 atom stereocenters. The number of pyridine rings is 1. The second kappa shape index (κ2) is 10.1. The largest absolute Gasteiger partial charge is 0.492 e. The molecule has 1 aromatic carbocycles. The number of anilines is 1. The molecule has 0 saturated carbocycles. The fourth-order valence-corrected chi connectivity index (χ4v) is 3.80. The zero-order valence-electron chi connectivity index (χ0n) is 17.0. The van der Waals surface area contributed by atoms with Crippen molar-refractivity contribution in [2.45, 2.75) is 0 Å². The highest BCUT2D eigenvalue weighted by molar-refractivity contribution is 6.30. The smallest absolute Gasteiger partial charge is 0.255 e. The highest BCUT2D eigenvalue weighted by Crippen LogP contribution is 2.17. The van der Waals surface area contributed by atoms with Gasteiger partial charge in [-0.05, 0) is 36.4 Å². The van der Waals surface area contributed by atoms with Crippen LogP contribution in [0.15, 0.2) is 42.6 Å². The Labute approximate surface area is 182 Å². The molecule has 0 bridgehead atoms. The number of halogens is 1. The lowest BCUT2D eigenvalue weighted by atomic mass is 10.2. The number of carbonyl (C=O) groups is 1. The molecule has 30 heavy (non-hydrogen) atoms. The lowest BCUT2D eigenvalue weighted by molar-refractivity contribution is 0.0620. The first-order valence-corrected chi connectivity index (χ1v) is 10.8. The Hall–Kier alpha value is -2.35. The van der Waals surface area contributed by atoms with Crippen molar-refractivity contribution in [3.63, 3.8) is 0 Å². The molecule has 2 aliphatic heterocycles. The summed E-state index contributed by atoms with van der Waals surface area (Å²) in [5, 5.41) is 0.703. The summed E-state index contributed by atoms with van der Waals surface area (Å²) in [7, 11) is 0. The van der Waals surface area contributed by atoms with Crippen molar-refractivity contribution in [1.82, 2.24) is 14.8 Å². The molecular weight excluding hydrogens is 404 g/mol. The minimum absolute atomic E-state index is 0.0492. The van der Waals surface area contributed by atoms with Crippen LogP contribution in [0.4, 0.5) is 5.82 Å². The molecule has 8 heteroatoms. The van der Waals surface area contributed by atoms with Gasteiger partial charge in [-0.15, -0.1) is 0 Å². The van der Waals surface area contributed by atoms with Gasteiger partial charge in [0.1, 0.15) is 18.2 Å². The number of morpholine rings is 1. The number of nitrogens with zero attached hydrogens (tertiary/aromatic N) is 4. The van der Waals surface area contributed by atoms with Gasteiger partial charge in [-0.25, -0.2) is 4.98 Å². The SMILES string of the molecule is O=C(c1ccc(N2CCOCC2)nc1)N1CCN(CCOc2ccc(Cl)cc2)CC1. The lowest BCUT2D eigenvalue weighted by Crippen LogP contribution is -2.49. The van der Waals surface area contributed by atoms with Gasteiger partial charge in [-0.3, -0.25) is 9.69 Å². The maximum Gasteiger partial charge on any atom is 0.255 e. The zero-order valence-corrected chi connectivity index (χ0v) is 17.8. The third-order valence-electron chi connectivity index (χ3n) is 5.48. The van der Waals surface area contributed by atoms with Crippen LogP contribution < -0.4 is 9.64 Å². The van der Waals surface area contributed by atoms with Crippen LogP contribution >= 0.6 is 11.6 Å². The average Bonchev–Trinajstić information content (AvgIpc) is 2.81. The number of rotatable bonds is 6. The Bertz CT molecular complexity index is 817. The Kier molecular flexibility index (Phi) is 7.04. The first-order valence-electron chi connectivity index (χ1n) is 10.4. The van der Waals surface area contributed by atoms with E-state index in [1.807, 2.05) is 41.3 Å². The van der Waals surface area contributed by atoms with E-state index in [0.29, 0.717) is 30.3 Å². The number of carbonyl (C=O) groups excluding carboxylic acids is 1. The predicted octanol–water partition coefficient (Wildman–Crippen LogP) is 2.41. The number of hydrogen-bond acceptors (Lipinski definition) is 6. The molecule has 0 N–H and O–H groups in total. The number of benzene rings is 1. The molecule has 7 nitrogen and oxygen atoms in total. The number of piperazine rings is 1. The van der Waals surface area contributed by atoms with Gasteiger partial charge < -0.3 is 19.3 Å². The number of amides is 1. The van der Waals surface area contributed by atoms with Crippen molar-refractivity contribution >= 4 is 23.3 Å². The van der Waals surface area contributed by atoms with E-state index in [9.17, 15) is 4.79 Å². The number of ether oxygens (including phenoxy) is 2. The summed E-state index contributed by atoms with van der Waals surface area (Å²) in [6, 6.07) is 11.2. The molecule has 2 saturated heterocycles. The highest BCUT2D eigenvalue weighted by atomic mass is 35.5. The van der Waals surface area contributed by atoms with Crippen LogP contribution in [0.3, 0.4) is 0 Å². The first kappa shape index (κ1) is 20.9. The molecular formula is C22H27ClN4O3. The first-order chi connectivity index (χ1) is 14.7. The van der Waals surface area contributed by atoms with E-state index in [1.165, 1.54) is 0 Å². The van der Waals surface area contributed by atoms with Crippen molar-refractivity contribution < 1.29 is 14.3 Å². The number of hydrogen-bond donors (Lipinski definition) is 0. The van der Waals surface area contributed by atoms with Crippen LogP contribution in [0.5, 0.6) is 5.75 Å². The molecule has 1 aromatic heterocycles. The fraction of sp³-hybridized carbons (Fsp3) is 0.455. The van der Waals surface area contributed by atoms with E-state index in [2.05, 4.69) is 14.8 Å². The lowest BCUT2D eigenvalue weighted by Gasteiger charge is -2.34. The van der Waals surface area contributed by atoms with Gasteiger partial charge >= 0.3 is 0 Å². The summed E-state index contributed by atoms with van der Waals surface area (Å²) in [6.07, 6.45) is 1.69. The monoisotopic (exact) mass is 430 g/mol. The molecule has 0 spiro atoms. The zero-order chi connectivity index (χ0) is 20.8. The van der Waals surface area contributed by atoms with Gasteiger partial charge in [-0.2, -0.15) is 0 Å². The normalized spacial score (nSPS) is 17.8. The molecule has 0 radical (unpaired) electrons. The molecule has 4 rings (SSSR count). The van der Waals surface area contributed by atoms with Gasteiger partial charge in [0.15, 0.2) is 0 Å². The standard InChI is InChI=1S/C22H27ClN4O3/c23-19-2-4-20(5-3-19)30-16-11-25-7-9-27(10-8-25)22(28)18-1-6-21(24-17-18)26-12-14-29-15-13-26/h1-6,17H,7-16H2. The van der Waals surface area contributed by atoms with Crippen LogP contribution in [0.25, 0.3) is 0 Å². The molecule has 1 amide bonds. The van der Waals surface area contributed by atoms with Crippen molar-refractivity contribution in [3.05, 3.63) is 53.2 Å². The Balaban J connectivity index is 1.21. The topological polar surface area (TPSA) is 58.1 Å². The Morgan fingerprint density at radius 1 is 1.00 bits per heavy atom. The van der Waals surface area contributed by atoms with Crippen LogP contribution in [0.2, 0.25) is 5.02 Å². The second-order valence-corrected chi connectivity index (χ2v) is 7.88. The second-order valence-electron chi connectivity index (χ2n) is 7.44. The molecule has 3 heterocycles. The molecule has 0 unspecified atom stereocenters. The van der Waals surface area contributed by atoms with Gasteiger partial charge in [0, 0.05) is 57.0 Å². The van der Waals surface area contributed by atoms with Crippen LogP contribution in [-0.4, -0.2) is 86.3 Å². The van der Waals surface area contributed by atoms with Crippen LogP contribution in [0.1, 0.15) is 10.4 Å². The molecule has 2 aromatic rings. The fourth-order valence-electron chi connectivity index (χ4n) is 3.67. The van der Waals surface area contributed by atoms with Crippen LogP contribution in [-0.2, 0) is 4.74 Å². The van der Waals surface area contributed by atoms with E-state index in [4.69, 9.17) is 21.1 Å².